The molecular formula is C25H29N3O3. The number of hydrogen-bond donors (Lipinski definition) is 1. The van der Waals surface area contributed by atoms with Gasteiger partial charge in [-0.3, -0.25) is 9.59 Å². The maximum atomic E-state index is 12.7. The van der Waals surface area contributed by atoms with Gasteiger partial charge < -0.3 is 15.1 Å². The Morgan fingerprint density at radius 2 is 1.42 bits per heavy atom. The van der Waals surface area contributed by atoms with E-state index in [-0.39, 0.29) is 23.6 Å². The van der Waals surface area contributed by atoms with E-state index in [9.17, 15) is 14.4 Å². The van der Waals surface area contributed by atoms with Crippen LogP contribution in [0.4, 0.5) is 10.5 Å². The second-order valence-corrected chi connectivity index (χ2v) is 8.36. The maximum Gasteiger partial charge on any atom is 0.321 e. The SMILES string of the molecule is O=C(c1ccccc1)C1CCN(C(=O)Nc2cccc(C(=O)N3CCCCC3)c2)CC1. The van der Waals surface area contributed by atoms with Crippen molar-refractivity contribution >= 4 is 23.4 Å². The summed E-state index contributed by atoms with van der Waals surface area (Å²) in [5, 5.41) is 2.92. The van der Waals surface area contributed by atoms with E-state index in [0.717, 1.165) is 31.5 Å². The highest BCUT2D eigenvalue weighted by molar-refractivity contribution is 5.98. The number of benzene rings is 2. The van der Waals surface area contributed by atoms with Crippen LogP contribution in [0.3, 0.4) is 0 Å². The standard InChI is InChI=1S/C25H29N3O3/c29-23(19-8-3-1-4-9-19)20-12-16-28(17-13-20)25(31)26-22-11-7-10-21(18-22)24(30)27-14-5-2-6-15-27/h1,3-4,7-11,18,20H,2,5-6,12-17H2,(H,26,31). The predicted molar refractivity (Wildman–Crippen MR) is 120 cm³/mol. The molecule has 0 saturated carbocycles. The molecule has 6 heteroatoms. The number of hydrogen-bond acceptors (Lipinski definition) is 3. The fourth-order valence-corrected chi connectivity index (χ4v) is 4.39. The Hall–Kier alpha value is -3.15. The molecule has 2 aromatic carbocycles. The van der Waals surface area contributed by atoms with Crippen molar-refractivity contribution in [2.75, 3.05) is 31.5 Å². The van der Waals surface area contributed by atoms with E-state index >= 15 is 0 Å². The van der Waals surface area contributed by atoms with Gasteiger partial charge in [-0.25, -0.2) is 4.79 Å². The van der Waals surface area contributed by atoms with E-state index in [2.05, 4.69) is 5.32 Å². The molecule has 0 bridgehead atoms. The van der Waals surface area contributed by atoms with Gasteiger partial charge in [-0.1, -0.05) is 36.4 Å². The van der Waals surface area contributed by atoms with Gasteiger partial charge in [0, 0.05) is 48.9 Å². The van der Waals surface area contributed by atoms with Crippen molar-refractivity contribution in [3.8, 4) is 0 Å². The van der Waals surface area contributed by atoms with Gasteiger partial charge >= 0.3 is 6.03 Å². The monoisotopic (exact) mass is 419 g/mol. The van der Waals surface area contributed by atoms with Gasteiger partial charge in [0.15, 0.2) is 5.78 Å². The lowest BCUT2D eigenvalue weighted by Crippen LogP contribution is -2.42. The second-order valence-electron chi connectivity index (χ2n) is 8.36. The van der Waals surface area contributed by atoms with Crippen LogP contribution in [0, 0.1) is 5.92 Å². The molecule has 0 aromatic heterocycles. The summed E-state index contributed by atoms with van der Waals surface area (Å²) in [7, 11) is 0. The minimum atomic E-state index is -0.187. The van der Waals surface area contributed by atoms with Crippen molar-refractivity contribution in [3.05, 3.63) is 65.7 Å². The molecule has 162 valence electrons. The van der Waals surface area contributed by atoms with Gasteiger partial charge in [0.2, 0.25) is 0 Å². The van der Waals surface area contributed by atoms with Gasteiger partial charge in [-0.2, -0.15) is 0 Å². The zero-order valence-electron chi connectivity index (χ0n) is 17.8. The lowest BCUT2D eigenvalue weighted by molar-refractivity contribution is 0.0724. The topological polar surface area (TPSA) is 69.7 Å². The minimum Gasteiger partial charge on any atom is -0.339 e. The third-order valence-corrected chi connectivity index (χ3v) is 6.22. The molecule has 2 saturated heterocycles. The van der Waals surface area contributed by atoms with Crippen molar-refractivity contribution in [3.63, 3.8) is 0 Å². The largest absolute Gasteiger partial charge is 0.339 e. The summed E-state index contributed by atoms with van der Waals surface area (Å²) in [4.78, 5) is 41.7. The van der Waals surface area contributed by atoms with Crippen molar-refractivity contribution in [1.82, 2.24) is 9.80 Å². The molecule has 0 atom stereocenters. The Morgan fingerprint density at radius 1 is 0.742 bits per heavy atom. The molecule has 0 radical (unpaired) electrons. The molecule has 2 aromatic rings. The van der Waals surface area contributed by atoms with Gasteiger partial charge in [0.05, 0.1) is 0 Å². The molecule has 2 aliphatic heterocycles. The number of nitrogens with zero attached hydrogens (tertiary/aromatic N) is 2. The summed E-state index contributed by atoms with van der Waals surface area (Å²) in [5.41, 5.74) is 1.96. The molecule has 0 aliphatic carbocycles. The molecule has 3 amide bonds. The second kappa shape index (κ2) is 9.77. The summed E-state index contributed by atoms with van der Waals surface area (Å²) in [6, 6.07) is 16.3. The smallest absolute Gasteiger partial charge is 0.321 e. The Morgan fingerprint density at radius 3 is 2.13 bits per heavy atom. The first-order valence-corrected chi connectivity index (χ1v) is 11.2. The molecule has 2 fully saturated rings. The van der Waals surface area contributed by atoms with Crippen LogP contribution in [0.15, 0.2) is 54.6 Å². The fourth-order valence-electron chi connectivity index (χ4n) is 4.39. The number of carbonyl (C=O) groups excluding carboxylic acids is 3. The number of carbonyl (C=O) groups is 3. The van der Waals surface area contributed by atoms with Gasteiger partial charge in [-0.15, -0.1) is 0 Å². The van der Waals surface area contributed by atoms with Crippen molar-refractivity contribution < 1.29 is 14.4 Å². The van der Waals surface area contributed by atoms with Crippen LogP contribution < -0.4 is 5.32 Å². The third kappa shape index (κ3) is 5.13. The number of Topliss-reactive ketones (excluding diaryl/α,β-unsaturated/α-hetero) is 1. The van der Waals surface area contributed by atoms with Crippen LogP contribution in [0.2, 0.25) is 0 Å². The quantitative estimate of drug-likeness (QED) is 0.745. The van der Waals surface area contributed by atoms with Crippen LogP contribution in [0.1, 0.15) is 52.8 Å². The fraction of sp³-hybridized carbons (Fsp3) is 0.400. The Bertz CT molecular complexity index is 930. The maximum absolute atomic E-state index is 12.7. The number of rotatable bonds is 4. The number of nitrogens with one attached hydrogen (secondary N) is 1. The Balaban J connectivity index is 1.32. The molecule has 2 aliphatic rings. The van der Waals surface area contributed by atoms with E-state index in [1.54, 1.807) is 29.2 Å². The summed E-state index contributed by atoms with van der Waals surface area (Å²) < 4.78 is 0. The van der Waals surface area contributed by atoms with E-state index in [4.69, 9.17) is 0 Å². The van der Waals surface area contributed by atoms with Crippen LogP contribution in [-0.4, -0.2) is 53.7 Å². The molecule has 2 heterocycles. The van der Waals surface area contributed by atoms with Crippen LogP contribution >= 0.6 is 0 Å². The zero-order chi connectivity index (χ0) is 21.6. The number of amides is 3. The molecule has 6 nitrogen and oxygen atoms in total. The highest BCUT2D eigenvalue weighted by Gasteiger charge is 2.28. The average Bonchev–Trinajstić information content (AvgIpc) is 2.84. The van der Waals surface area contributed by atoms with E-state index < -0.39 is 0 Å². The zero-order valence-corrected chi connectivity index (χ0v) is 17.8. The summed E-state index contributed by atoms with van der Waals surface area (Å²) in [6.45, 7) is 2.68. The van der Waals surface area contributed by atoms with Crippen LogP contribution in [-0.2, 0) is 0 Å². The first-order valence-electron chi connectivity index (χ1n) is 11.2. The van der Waals surface area contributed by atoms with E-state index in [0.29, 0.717) is 37.2 Å². The lowest BCUT2D eigenvalue weighted by Gasteiger charge is -2.31. The predicted octanol–water partition coefficient (Wildman–Crippen LogP) is 4.44. The van der Waals surface area contributed by atoms with Crippen molar-refractivity contribution in [2.24, 2.45) is 5.92 Å². The Kier molecular flexibility index (Phi) is 6.65. The first kappa shape index (κ1) is 21.1. The molecule has 0 unspecified atom stereocenters. The number of anilines is 1. The number of likely N-dealkylation sites (tertiary alicyclic amines) is 2. The molecule has 0 spiro atoms. The molecular weight excluding hydrogens is 390 g/mol. The first-order chi connectivity index (χ1) is 15.1. The number of piperidine rings is 2. The van der Waals surface area contributed by atoms with Gasteiger partial charge in [0.1, 0.15) is 0 Å². The van der Waals surface area contributed by atoms with Gasteiger partial charge in [-0.05, 0) is 50.3 Å². The molecule has 1 N–H and O–H groups in total. The number of ketones is 1. The number of urea groups is 1. The highest BCUT2D eigenvalue weighted by Crippen LogP contribution is 2.23. The summed E-state index contributed by atoms with van der Waals surface area (Å²) in [5.74, 6) is 0.137. The highest BCUT2D eigenvalue weighted by atomic mass is 16.2. The summed E-state index contributed by atoms with van der Waals surface area (Å²) >= 11 is 0. The van der Waals surface area contributed by atoms with Crippen molar-refractivity contribution in [2.45, 2.75) is 32.1 Å². The van der Waals surface area contributed by atoms with E-state index in [1.807, 2.05) is 35.2 Å². The lowest BCUT2D eigenvalue weighted by atomic mass is 9.89. The van der Waals surface area contributed by atoms with Gasteiger partial charge in [0.25, 0.3) is 5.91 Å². The summed E-state index contributed by atoms with van der Waals surface area (Å²) in [6.07, 6.45) is 4.59. The average molecular weight is 420 g/mol. The normalized spacial score (nSPS) is 17.3. The minimum absolute atomic E-state index is 0.0241. The van der Waals surface area contributed by atoms with Crippen LogP contribution in [0.5, 0.6) is 0 Å². The molecule has 4 rings (SSSR count). The van der Waals surface area contributed by atoms with Crippen LogP contribution in [0.25, 0.3) is 0 Å². The Labute approximate surface area is 183 Å². The van der Waals surface area contributed by atoms with E-state index in [1.165, 1.54) is 6.42 Å². The third-order valence-electron chi connectivity index (χ3n) is 6.22. The molecule has 31 heavy (non-hydrogen) atoms. The van der Waals surface area contributed by atoms with Crippen molar-refractivity contribution in [1.29, 1.82) is 0 Å².